The van der Waals surface area contributed by atoms with E-state index in [0.717, 1.165) is 11.1 Å². The second-order valence-electron chi connectivity index (χ2n) is 2.46. The number of carbonyl (C=O) groups excluding carboxylic acids is 1. The second-order valence-corrected chi connectivity index (χ2v) is 2.46. The van der Waals surface area contributed by atoms with Crippen molar-refractivity contribution in [2.45, 2.75) is 13.8 Å². The molecule has 1 heterocycles. The highest BCUT2D eigenvalue weighted by molar-refractivity contribution is 5.89. The molecule has 11 heavy (non-hydrogen) atoms. The molecule has 0 saturated carbocycles. The van der Waals surface area contributed by atoms with Crippen molar-refractivity contribution in [1.82, 2.24) is 4.98 Å². The van der Waals surface area contributed by atoms with Gasteiger partial charge in [-0.3, -0.25) is 0 Å². The highest BCUT2D eigenvalue weighted by Crippen LogP contribution is 2.11. The van der Waals surface area contributed by atoms with Crippen LogP contribution in [0.4, 0.5) is 0 Å². The van der Waals surface area contributed by atoms with Gasteiger partial charge in [0.05, 0.1) is 7.11 Å². The summed E-state index contributed by atoms with van der Waals surface area (Å²) in [7, 11) is 1.37. The van der Waals surface area contributed by atoms with E-state index in [4.69, 9.17) is 0 Å². The third-order valence-corrected chi connectivity index (χ3v) is 1.79. The Morgan fingerprint density at radius 2 is 2.18 bits per heavy atom. The van der Waals surface area contributed by atoms with E-state index in [1.807, 2.05) is 13.8 Å². The first-order chi connectivity index (χ1) is 5.16. The minimum atomic E-state index is -0.310. The van der Waals surface area contributed by atoms with Gasteiger partial charge >= 0.3 is 5.97 Å². The summed E-state index contributed by atoms with van der Waals surface area (Å²) < 4.78 is 4.56. The summed E-state index contributed by atoms with van der Waals surface area (Å²) in [5.74, 6) is -0.310. The predicted octanol–water partition coefficient (Wildman–Crippen LogP) is 1.42. The molecule has 0 radical (unpaired) electrons. The van der Waals surface area contributed by atoms with Crippen LogP contribution in [-0.4, -0.2) is 18.1 Å². The fourth-order valence-electron chi connectivity index (χ4n) is 0.908. The normalized spacial score (nSPS) is 9.73. The number of aryl methyl sites for hydroxylation is 1. The van der Waals surface area contributed by atoms with Crippen LogP contribution in [-0.2, 0) is 4.74 Å². The van der Waals surface area contributed by atoms with Crippen LogP contribution < -0.4 is 0 Å². The molecule has 0 saturated heterocycles. The highest BCUT2D eigenvalue weighted by atomic mass is 16.5. The third kappa shape index (κ3) is 1.27. The lowest BCUT2D eigenvalue weighted by Crippen LogP contribution is -2.03. The smallest absolute Gasteiger partial charge is 0.354 e. The van der Waals surface area contributed by atoms with Crippen LogP contribution in [0.25, 0.3) is 0 Å². The van der Waals surface area contributed by atoms with Gasteiger partial charge in [-0.25, -0.2) is 4.79 Å². The van der Waals surface area contributed by atoms with Crippen molar-refractivity contribution in [1.29, 1.82) is 0 Å². The van der Waals surface area contributed by atoms with Crippen molar-refractivity contribution in [2.24, 2.45) is 0 Å². The van der Waals surface area contributed by atoms with Gasteiger partial charge in [0, 0.05) is 6.20 Å². The number of aromatic amines is 1. The average Bonchev–Trinajstić information content (AvgIpc) is 2.32. The Labute approximate surface area is 65.4 Å². The summed E-state index contributed by atoms with van der Waals surface area (Å²) in [5, 5.41) is 0. The Balaban J connectivity index is 3.04. The number of aromatic nitrogens is 1. The van der Waals surface area contributed by atoms with Gasteiger partial charge in [-0.05, 0) is 25.0 Å². The number of hydrogen-bond donors (Lipinski definition) is 1. The van der Waals surface area contributed by atoms with Gasteiger partial charge in [-0.15, -0.1) is 0 Å². The molecule has 1 N–H and O–H groups in total. The zero-order valence-corrected chi connectivity index (χ0v) is 6.89. The SMILES string of the molecule is COC(=O)c1[nH]cc(C)c1C. The van der Waals surface area contributed by atoms with E-state index in [9.17, 15) is 4.79 Å². The summed E-state index contributed by atoms with van der Waals surface area (Å²) in [6.45, 7) is 3.83. The van der Waals surface area contributed by atoms with E-state index in [0.29, 0.717) is 5.69 Å². The van der Waals surface area contributed by atoms with Crippen LogP contribution >= 0.6 is 0 Å². The number of H-pyrrole nitrogens is 1. The zero-order valence-electron chi connectivity index (χ0n) is 6.89. The van der Waals surface area contributed by atoms with Gasteiger partial charge in [-0.2, -0.15) is 0 Å². The first-order valence-electron chi connectivity index (χ1n) is 3.39. The van der Waals surface area contributed by atoms with Crippen LogP contribution in [0.15, 0.2) is 6.20 Å². The number of nitrogens with one attached hydrogen (secondary N) is 1. The molecular formula is C8H11NO2. The van der Waals surface area contributed by atoms with Crippen molar-refractivity contribution in [3.8, 4) is 0 Å². The molecule has 3 nitrogen and oxygen atoms in total. The van der Waals surface area contributed by atoms with E-state index >= 15 is 0 Å². The van der Waals surface area contributed by atoms with Gasteiger partial charge in [0.15, 0.2) is 0 Å². The first-order valence-corrected chi connectivity index (χ1v) is 3.39. The minimum absolute atomic E-state index is 0.310. The maximum Gasteiger partial charge on any atom is 0.354 e. The van der Waals surface area contributed by atoms with E-state index < -0.39 is 0 Å². The Morgan fingerprint density at radius 3 is 2.55 bits per heavy atom. The Kier molecular flexibility index (Phi) is 1.98. The van der Waals surface area contributed by atoms with Gasteiger partial charge in [-0.1, -0.05) is 0 Å². The van der Waals surface area contributed by atoms with E-state index in [1.54, 1.807) is 6.20 Å². The summed E-state index contributed by atoms with van der Waals surface area (Å²) in [6.07, 6.45) is 1.79. The monoisotopic (exact) mass is 153 g/mol. The quantitative estimate of drug-likeness (QED) is 0.620. The number of rotatable bonds is 1. The number of carbonyl (C=O) groups is 1. The van der Waals surface area contributed by atoms with Crippen LogP contribution in [0.1, 0.15) is 21.6 Å². The molecule has 0 aliphatic heterocycles. The molecule has 1 rings (SSSR count). The van der Waals surface area contributed by atoms with Crippen molar-refractivity contribution in [3.05, 3.63) is 23.0 Å². The number of ether oxygens (including phenoxy) is 1. The zero-order chi connectivity index (χ0) is 8.43. The lowest BCUT2D eigenvalue weighted by atomic mass is 10.2. The van der Waals surface area contributed by atoms with Crippen LogP contribution in [0, 0.1) is 13.8 Å². The maximum absolute atomic E-state index is 11.0. The largest absolute Gasteiger partial charge is 0.464 e. The summed E-state index contributed by atoms with van der Waals surface area (Å²) in [6, 6.07) is 0. The number of methoxy groups -OCH3 is 1. The molecule has 0 aliphatic rings. The van der Waals surface area contributed by atoms with Crippen molar-refractivity contribution in [2.75, 3.05) is 7.11 Å². The molecular weight excluding hydrogens is 142 g/mol. The standard InChI is InChI=1S/C8H11NO2/c1-5-4-9-7(6(5)2)8(10)11-3/h4,9H,1-3H3. The van der Waals surface area contributed by atoms with E-state index in [-0.39, 0.29) is 5.97 Å². The lowest BCUT2D eigenvalue weighted by Gasteiger charge is -1.96. The van der Waals surface area contributed by atoms with Crippen molar-refractivity contribution >= 4 is 5.97 Å². The molecule has 0 unspecified atom stereocenters. The first kappa shape index (κ1) is 7.85. The fraction of sp³-hybridized carbons (Fsp3) is 0.375. The van der Waals surface area contributed by atoms with Crippen molar-refractivity contribution in [3.63, 3.8) is 0 Å². The predicted molar refractivity (Wildman–Crippen MR) is 41.6 cm³/mol. The van der Waals surface area contributed by atoms with Crippen LogP contribution in [0.2, 0.25) is 0 Å². The molecule has 0 fully saturated rings. The Hall–Kier alpha value is -1.25. The summed E-state index contributed by atoms with van der Waals surface area (Å²) in [5.41, 5.74) is 2.58. The minimum Gasteiger partial charge on any atom is -0.464 e. The van der Waals surface area contributed by atoms with Gasteiger partial charge in [0.1, 0.15) is 5.69 Å². The summed E-state index contributed by atoms with van der Waals surface area (Å²) >= 11 is 0. The lowest BCUT2D eigenvalue weighted by molar-refractivity contribution is 0.0594. The van der Waals surface area contributed by atoms with Crippen LogP contribution in [0.3, 0.4) is 0 Å². The molecule has 0 spiro atoms. The molecule has 0 aliphatic carbocycles. The average molecular weight is 153 g/mol. The number of esters is 1. The molecule has 3 heteroatoms. The molecule has 1 aromatic rings. The van der Waals surface area contributed by atoms with Crippen LogP contribution in [0.5, 0.6) is 0 Å². The van der Waals surface area contributed by atoms with Crippen molar-refractivity contribution < 1.29 is 9.53 Å². The van der Waals surface area contributed by atoms with E-state index in [1.165, 1.54) is 7.11 Å². The molecule has 0 amide bonds. The Bertz CT molecular complexity index is 276. The summed E-state index contributed by atoms with van der Waals surface area (Å²) in [4.78, 5) is 13.8. The maximum atomic E-state index is 11.0. The topological polar surface area (TPSA) is 42.1 Å². The Morgan fingerprint density at radius 1 is 1.55 bits per heavy atom. The fourth-order valence-corrected chi connectivity index (χ4v) is 0.908. The van der Waals surface area contributed by atoms with Gasteiger partial charge in [0.25, 0.3) is 0 Å². The second kappa shape index (κ2) is 2.78. The van der Waals surface area contributed by atoms with E-state index in [2.05, 4.69) is 9.72 Å². The molecule has 0 atom stereocenters. The van der Waals surface area contributed by atoms with Gasteiger partial charge < -0.3 is 9.72 Å². The third-order valence-electron chi connectivity index (χ3n) is 1.79. The molecule has 0 aromatic carbocycles. The molecule has 0 bridgehead atoms. The van der Waals surface area contributed by atoms with Gasteiger partial charge in [0.2, 0.25) is 0 Å². The number of hydrogen-bond acceptors (Lipinski definition) is 2. The molecule has 60 valence electrons. The highest BCUT2D eigenvalue weighted by Gasteiger charge is 2.11. The molecule has 1 aromatic heterocycles.